The highest BCUT2D eigenvalue weighted by Crippen LogP contribution is 2.25. The van der Waals surface area contributed by atoms with E-state index in [1.54, 1.807) is 0 Å². The van der Waals surface area contributed by atoms with Gasteiger partial charge in [-0.05, 0) is 37.3 Å². The van der Waals surface area contributed by atoms with E-state index in [0.29, 0.717) is 0 Å². The Bertz CT molecular complexity index is 510. The van der Waals surface area contributed by atoms with Crippen LogP contribution in [0.15, 0.2) is 48.5 Å². The van der Waals surface area contributed by atoms with E-state index in [1.165, 1.54) is 16.7 Å². The lowest BCUT2D eigenvalue weighted by atomic mass is 9.90. The third-order valence-corrected chi connectivity index (χ3v) is 3.52. The Balaban J connectivity index is 2.10. The van der Waals surface area contributed by atoms with Gasteiger partial charge in [-0.15, -0.1) is 0 Å². The van der Waals surface area contributed by atoms with Crippen molar-refractivity contribution in [1.82, 2.24) is 0 Å². The standard InChI is InChI=1S/C18H22O/c1-13-9-14(2)11-16(10-13)12-15(3)18(19)17-7-5-4-6-8-17/h4-11,15,18-19H,12H2,1-3H3. The molecule has 0 aliphatic heterocycles. The first-order valence-electron chi connectivity index (χ1n) is 6.86. The summed E-state index contributed by atoms with van der Waals surface area (Å²) in [5.74, 6) is 0.212. The minimum atomic E-state index is -0.401. The van der Waals surface area contributed by atoms with Crippen LogP contribution in [-0.4, -0.2) is 5.11 Å². The molecule has 0 radical (unpaired) electrons. The highest BCUT2D eigenvalue weighted by molar-refractivity contribution is 5.29. The van der Waals surface area contributed by atoms with Gasteiger partial charge in [-0.2, -0.15) is 0 Å². The van der Waals surface area contributed by atoms with Crippen LogP contribution in [0.1, 0.15) is 35.3 Å². The van der Waals surface area contributed by atoms with Crippen molar-refractivity contribution in [2.75, 3.05) is 0 Å². The molecule has 0 spiro atoms. The maximum absolute atomic E-state index is 10.4. The summed E-state index contributed by atoms with van der Waals surface area (Å²) in [6.07, 6.45) is 0.500. The van der Waals surface area contributed by atoms with Gasteiger partial charge in [-0.3, -0.25) is 0 Å². The van der Waals surface area contributed by atoms with Crippen molar-refractivity contribution in [3.05, 3.63) is 70.8 Å². The van der Waals surface area contributed by atoms with Crippen LogP contribution in [0, 0.1) is 19.8 Å². The van der Waals surface area contributed by atoms with Crippen molar-refractivity contribution in [1.29, 1.82) is 0 Å². The van der Waals surface area contributed by atoms with E-state index < -0.39 is 6.10 Å². The average molecular weight is 254 g/mol. The van der Waals surface area contributed by atoms with Crippen molar-refractivity contribution in [2.45, 2.75) is 33.3 Å². The van der Waals surface area contributed by atoms with E-state index in [1.807, 2.05) is 30.3 Å². The molecule has 2 atom stereocenters. The molecule has 1 nitrogen and oxygen atoms in total. The molecule has 2 aromatic carbocycles. The normalized spacial score (nSPS) is 14.1. The molecule has 19 heavy (non-hydrogen) atoms. The Labute approximate surface area is 115 Å². The number of rotatable bonds is 4. The predicted molar refractivity (Wildman–Crippen MR) is 80.2 cm³/mol. The van der Waals surface area contributed by atoms with Crippen molar-refractivity contribution in [3.63, 3.8) is 0 Å². The smallest absolute Gasteiger partial charge is 0.0818 e. The van der Waals surface area contributed by atoms with Gasteiger partial charge in [-0.25, -0.2) is 0 Å². The van der Waals surface area contributed by atoms with Crippen molar-refractivity contribution < 1.29 is 5.11 Å². The Hall–Kier alpha value is -1.60. The van der Waals surface area contributed by atoms with Gasteiger partial charge < -0.3 is 5.11 Å². The summed E-state index contributed by atoms with van der Waals surface area (Å²) in [5, 5.41) is 10.4. The van der Waals surface area contributed by atoms with Crippen LogP contribution < -0.4 is 0 Å². The molecule has 1 heteroatoms. The highest BCUT2D eigenvalue weighted by atomic mass is 16.3. The summed E-state index contributed by atoms with van der Waals surface area (Å²) in [6.45, 7) is 6.35. The summed E-state index contributed by atoms with van der Waals surface area (Å²) in [5.41, 5.74) is 4.88. The number of aliphatic hydroxyl groups excluding tert-OH is 1. The maximum atomic E-state index is 10.4. The molecular formula is C18H22O. The van der Waals surface area contributed by atoms with Crippen molar-refractivity contribution in [3.8, 4) is 0 Å². The number of aliphatic hydroxyl groups is 1. The molecule has 0 amide bonds. The third-order valence-electron chi connectivity index (χ3n) is 3.52. The molecule has 2 unspecified atom stereocenters. The average Bonchev–Trinajstić information content (AvgIpc) is 2.37. The van der Waals surface area contributed by atoms with Gasteiger partial charge in [0.1, 0.15) is 0 Å². The van der Waals surface area contributed by atoms with Gasteiger partial charge in [-0.1, -0.05) is 66.6 Å². The molecule has 0 aromatic heterocycles. The van der Waals surface area contributed by atoms with Crippen LogP contribution in [0.2, 0.25) is 0 Å². The first-order chi connectivity index (χ1) is 9.06. The third kappa shape index (κ3) is 3.68. The first-order valence-corrected chi connectivity index (χ1v) is 6.86. The fraction of sp³-hybridized carbons (Fsp3) is 0.333. The molecule has 0 saturated heterocycles. The lowest BCUT2D eigenvalue weighted by Crippen LogP contribution is -2.12. The van der Waals surface area contributed by atoms with Gasteiger partial charge in [0.15, 0.2) is 0 Å². The Morgan fingerprint density at radius 3 is 2.11 bits per heavy atom. The second-order valence-corrected chi connectivity index (χ2v) is 5.53. The molecule has 0 heterocycles. The summed E-state index contributed by atoms with van der Waals surface area (Å²) < 4.78 is 0. The molecule has 2 rings (SSSR count). The predicted octanol–water partition coefficient (Wildman–Crippen LogP) is 4.22. The van der Waals surface area contributed by atoms with Gasteiger partial charge >= 0.3 is 0 Å². The van der Waals surface area contributed by atoms with Gasteiger partial charge in [0.05, 0.1) is 6.10 Å². The van der Waals surface area contributed by atoms with Crippen LogP contribution in [0.4, 0.5) is 0 Å². The summed E-state index contributed by atoms with van der Waals surface area (Å²) in [7, 11) is 0. The molecule has 2 aromatic rings. The second-order valence-electron chi connectivity index (χ2n) is 5.53. The van der Waals surface area contributed by atoms with Crippen LogP contribution >= 0.6 is 0 Å². The van der Waals surface area contributed by atoms with Crippen molar-refractivity contribution in [2.24, 2.45) is 5.92 Å². The minimum Gasteiger partial charge on any atom is -0.388 e. The second kappa shape index (κ2) is 6.03. The lowest BCUT2D eigenvalue weighted by molar-refractivity contribution is 0.117. The van der Waals surface area contributed by atoms with E-state index in [2.05, 4.69) is 39.0 Å². The zero-order valence-corrected chi connectivity index (χ0v) is 11.9. The number of aryl methyl sites for hydroxylation is 2. The minimum absolute atomic E-state index is 0.212. The first kappa shape index (κ1) is 13.8. The number of benzene rings is 2. The summed E-state index contributed by atoms with van der Waals surface area (Å²) >= 11 is 0. The largest absolute Gasteiger partial charge is 0.388 e. The maximum Gasteiger partial charge on any atom is 0.0818 e. The molecule has 0 bridgehead atoms. The van der Waals surface area contributed by atoms with Crippen molar-refractivity contribution >= 4 is 0 Å². The molecular weight excluding hydrogens is 232 g/mol. The zero-order chi connectivity index (χ0) is 13.8. The number of hydrogen-bond acceptors (Lipinski definition) is 1. The zero-order valence-electron chi connectivity index (χ0n) is 11.9. The SMILES string of the molecule is Cc1cc(C)cc(CC(C)C(O)c2ccccc2)c1. The Morgan fingerprint density at radius 1 is 0.947 bits per heavy atom. The van der Waals surface area contributed by atoms with E-state index in [9.17, 15) is 5.11 Å². The van der Waals surface area contributed by atoms with Crippen LogP contribution in [0.5, 0.6) is 0 Å². The lowest BCUT2D eigenvalue weighted by Gasteiger charge is -2.19. The van der Waals surface area contributed by atoms with E-state index in [-0.39, 0.29) is 5.92 Å². The van der Waals surface area contributed by atoms with E-state index in [0.717, 1.165) is 12.0 Å². The molecule has 1 N–H and O–H groups in total. The summed E-state index contributed by atoms with van der Waals surface area (Å²) in [4.78, 5) is 0. The van der Waals surface area contributed by atoms with Gasteiger partial charge in [0, 0.05) is 0 Å². The van der Waals surface area contributed by atoms with Crippen LogP contribution in [0.25, 0.3) is 0 Å². The van der Waals surface area contributed by atoms with Gasteiger partial charge in [0.2, 0.25) is 0 Å². The monoisotopic (exact) mass is 254 g/mol. The fourth-order valence-electron chi connectivity index (χ4n) is 2.65. The van der Waals surface area contributed by atoms with Crippen LogP contribution in [-0.2, 0) is 6.42 Å². The highest BCUT2D eigenvalue weighted by Gasteiger charge is 2.16. The molecule has 0 fully saturated rings. The Kier molecular flexibility index (Phi) is 4.39. The molecule has 0 aliphatic carbocycles. The number of hydrogen-bond donors (Lipinski definition) is 1. The van der Waals surface area contributed by atoms with Gasteiger partial charge in [0.25, 0.3) is 0 Å². The molecule has 100 valence electrons. The Morgan fingerprint density at radius 2 is 1.53 bits per heavy atom. The van der Waals surface area contributed by atoms with E-state index >= 15 is 0 Å². The fourth-order valence-corrected chi connectivity index (χ4v) is 2.65. The molecule has 0 saturated carbocycles. The molecule has 0 aliphatic rings. The van der Waals surface area contributed by atoms with E-state index in [4.69, 9.17) is 0 Å². The quantitative estimate of drug-likeness (QED) is 0.866. The van der Waals surface area contributed by atoms with Crippen LogP contribution in [0.3, 0.4) is 0 Å². The topological polar surface area (TPSA) is 20.2 Å². The summed E-state index contributed by atoms with van der Waals surface area (Å²) in [6, 6.07) is 16.5.